The molecule has 0 saturated carbocycles. The van der Waals surface area contributed by atoms with Gasteiger partial charge in [0, 0.05) is 39.4 Å². The number of rotatable bonds is 5. The molecule has 0 bridgehead atoms. The van der Waals surface area contributed by atoms with Crippen LogP contribution >= 0.6 is 24.0 Å². The van der Waals surface area contributed by atoms with Gasteiger partial charge in [-0.1, -0.05) is 13.8 Å². The van der Waals surface area contributed by atoms with Crippen molar-refractivity contribution in [2.24, 2.45) is 23.9 Å². The maximum atomic E-state index is 4.83. The molecule has 1 aromatic heterocycles. The SMILES string of the molecule is CCNC(=NCCCc1cnn(C)c1)N1CC(C)CC(C)C1.I. The van der Waals surface area contributed by atoms with Gasteiger partial charge in [0.25, 0.3) is 0 Å². The molecule has 0 amide bonds. The van der Waals surface area contributed by atoms with Crippen molar-refractivity contribution in [3.05, 3.63) is 18.0 Å². The lowest BCUT2D eigenvalue weighted by Crippen LogP contribution is -2.48. The molecule has 1 N–H and O–H groups in total. The summed E-state index contributed by atoms with van der Waals surface area (Å²) in [6.07, 6.45) is 7.48. The highest BCUT2D eigenvalue weighted by Gasteiger charge is 2.23. The Hall–Kier alpha value is -0.790. The van der Waals surface area contributed by atoms with Gasteiger partial charge >= 0.3 is 0 Å². The Morgan fingerprint density at radius 1 is 1.35 bits per heavy atom. The van der Waals surface area contributed by atoms with Crippen LogP contribution in [0.25, 0.3) is 0 Å². The number of aromatic nitrogens is 2. The van der Waals surface area contributed by atoms with Crippen molar-refractivity contribution in [2.45, 2.75) is 40.0 Å². The lowest BCUT2D eigenvalue weighted by atomic mass is 9.92. The summed E-state index contributed by atoms with van der Waals surface area (Å²) in [5.41, 5.74) is 1.29. The predicted octanol–water partition coefficient (Wildman–Crippen LogP) is 2.91. The van der Waals surface area contributed by atoms with Crippen LogP contribution in [0.3, 0.4) is 0 Å². The van der Waals surface area contributed by atoms with E-state index in [0.29, 0.717) is 0 Å². The molecule has 0 aliphatic carbocycles. The van der Waals surface area contributed by atoms with Gasteiger partial charge in [0.2, 0.25) is 0 Å². The number of guanidine groups is 1. The molecule has 0 spiro atoms. The van der Waals surface area contributed by atoms with E-state index in [1.807, 2.05) is 17.9 Å². The van der Waals surface area contributed by atoms with Gasteiger partial charge in [-0.3, -0.25) is 9.67 Å². The average molecular weight is 433 g/mol. The summed E-state index contributed by atoms with van der Waals surface area (Å²) in [5, 5.41) is 7.67. The third kappa shape index (κ3) is 6.69. The molecule has 1 aromatic rings. The Morgan fingerprint density at radius 3 is 2.61 bits per heavy atom. The number of nitrogens with one attached hydrogen (secondary N) is 1. The zero-order chi connectivity index (χ0) is 15.9. The van der Waals surface area contributed by atoms with Crippen molar-refractivity contribution >= 4 is 29.9 Å². The van der Waals surface area contributed by atoms with E-state index in [4.69, 9.17) is 4.99 Å². The van der Waals surface area contributed by atoms with Gasteiger partial charge in [-0.15, -0.1) is 24.0 Å². The molecule has 23 heavy (non-hydrogen) atoms. The number of likely N-dealkylation sites (tertiary alicyclic amines) is 1. The van der Waals surface area contributed by atoms with Crippen LogP contribution < -0.4 is 5.32 Å². The van der Waals surface area contributed by atoms with Crippen LogP contribution in [0, 0.1) is 11.8 Å². The van der Waals surface area contributed by atoms with Gasteiger partial charge in [0.1, 0.15) is 0 Å². The van der Waals surface area contributed by atoms with Crippen LogP contribution in [0.5, 0.6) is 0 Å². The molecule has 2 rings (SSSR count). The molecule has 2 unspecified atom stereocenters. The van der Waals surface area contributed by atoms with Gasteiger partial charge in [-0.05, 0) is 43.6 Å². The molecule has 5 nitrogen and oxygen atoms in total. The normalized spacial score (nSPS) is 21.9. The van der Waals surface area contributed by atoms with E-state index in [9.17, 15) is 0 Å². The summed E-state index contributed by atoms with van der Waals surface area (Å²) in [5.74, 6) is 2.60. The molecule has 0 aromatic carbocycles. The molecule has 1 saturated heterocycles. The van der Waals surface area contributed by atoms with Crippen molar-refractivity contribution in [3.63, 3.8) is 0 Å². The first-order chi connectivity index (χ1) is 10.6. The van der Waals surface area contributed by atoms with Crippen molar-refractivity contribution in [3.8, 4) is 0 Å². The monoisotopic (exact) mass is 433 g/mol. The van der Waals surface area contributed by atoms with E-state index in [1.54, 1.807) is 0 Å². The van der Waals surface area contributed by atoms with Crippen molar-refractivity contribution in [1.82, 2.24) is 20.0 Å². The number of halogens is 1. The standard InChI is InChI=1S/C17H31N5.HI/c1-5-18-17(22-11-14(2)9-15(3)12-22)19-8-6-7-16-10-20-21(4)13-16;/h10,13-15H,5-9,11-12H2,1-4H3,(H,18,19);1H. The summed E-state index contributed by atoms with van der Waals surface area (Å²) in [6.45, 7) is 10.9. The molecule has 6 heteroatoms. The minimum Gasteiger partial charge on any atom is -0.357 e. The van der Waals surface area contributed by atoms with Gasteiger partial charge < -0.3 is 10.2 Å². The zero-order valence-corrected chi connectivity index (χ0v) is 17.3. The summed E-state index contributed by atoms with van der Waals surface area (Å²) in [6, 6.07) is 0. The van der Waals surface area contributed by atoms with E-state index < -0.39 is 0 Å². The second kappa shape index (κ2) is 10.2. The fourth-order valence-corrected chi connectivity index (χ4v) is 3.33. The topological polar surface area (TPSA) is 45.5 Å². The first-order valence-electron chi connectivity index (χ1n) is 8.59. The Labute approximate surface area is 157 Å². The van der Waals surface area contributed by atoms with E-state index in [-0.39, 0.29) is 24.0 Å². The highest BCUT2D eigenvalue weighted by Crippen LogP contribution is 2.20. The number of aliphatic imine (C=N–C) groups is 1. The molecule has 1 fully saturated rings. The van der Waals surface area contributed by atoms with E-state index in [1.165, 1.54) is 12.0 Å². The van der Waals surface area contributed by atoms with Crippen LogP contribution in [-0.4, -0.2) is 46.8 Å². The van der Waals surface area contributed by atoms with E-state index in [2.05, 4.69) is 42.3 Å². The Kier molecular flexibility index (Phi) is 8.94. The highest BCUT2D eigenvalue weighted by atomic mass is 127. The third-order valence-corrected chi connectivity index (χ3v) is 4.15. The summed E-state index contributed by atoms with van der Waals surface area (Å²) in [4.78, 5) is 7.27. The second-order valence-corrected chi connectivity index (χ2v) is 6.71. The molecule has 1 aliphatic rings. The lowest BCUT2D eigenvalue weighted by Gasteiger charge is -2.37. The van der Waals surface area contributed by atoms with Gasteiger partial charge in [-0.25, -0.2) is 0 Å². The second-order valence-electron chi connectivity index (χ2n) is 6.71. The van der Waals surface area contributed by atoms with Gasteiger partial charge in [0.15, 0.2) is 5.96 Å². The van der Waals surface area contributed by atoms with Crippen molar-refractivity contribution < 1.29 is 0 Å². The first-order valence-corrected chi connectivity index (χ1v) is 8.59. The molecule has 0 radical (unpaired) electrons. The minimum atomic E-state index is 0. The van der Waals surface area contributed by atoms with Crippen LogP contribution in [-0.2, 0) is 13.5 Å². The molecule has 2 heterocycles. The molecular formula is C17H32IN5. The Bertz CT molecular complexity index is 475. The fourth-order valence-electron chi connectivity index (χ4n) is 3.33. The number of nitrogens with zero attached hydrogens (tertiary/aromatic N) is 4. The van der Waals surface area contributed by atoms with Gasteiger partial charge in [0.05, 0.1) is 6.20 Å². The molecule has 1 aliphatic heterocycles. The third-order valence-electron chi connectivity index (χ3n) is 4.15. The maximum Gasteiger partial charge on any atom is 0.193 e. The van der Waals surface area contributed by atoms with Crippen molar-refractivity contribution in [1.29, 1.82) is 0 Å². The van der Waals surface area contributed by atoms with Crippen LogP contribution in [0.2, 0.25) is 0 Å². The first kappa shape index (κ1) is 20.3. The Morgan fingerprint density at radius 2 is 2.04 bits per heavy atom. The molecular weight excluding hydrogens is 401 g/mol. The highest BCUT2D eigenvalue weighted by molar-refractivity contribution is 14.0. The molecule has 2 atom stereocenters. The van der Waals surface area contributed by atoms with E-state index >= 15 is 0 Å². The molecule has 132 valence electrons. The largest absolute Gasteiger partial charge is 0.357 e. The van der Waals surface area contributed by atoms with Crippen LogP contribution in [0.1, 0.15) is 39.2 Å². The lowest BCUT2D eigenvalue weighted by molar-refractivity contribution is 0.208. The van der Waals surface area contributed by atoms with Crippen LogP contribution in [0.15, 0.2) is 17.4 Å². The maximum absolute atomic E-state index is 4.83. The minimum absolute atomic E-state index is 0. The predicted molar refractivity (Wildman–Crippen MR) is 107 cm³/mol. The summed E-state index contributed by atoms with van der Waals surface area (Å²) in [7, 11) is 1.96. The number of hydrogen-bond donors (Lipinski definition) is 1. The number of piperidine rings is 1. The number of aryl methyl sites for hydroxylation is 2. The smallest absolute Gasteiger partial charge is 0.193 e. The van der Waals surface area contributed by atoms with Crippen LogP contribution in [0.4, 0.5) is 0 Å². The quantitative estimate of drug-likeness (QED) is 0.336. The van der Waals surface area contributed by atoms with Gasteiger partial charge in [-0.2, -0.15) is 5.10 Å². The zero-order valence-electron chi connectivity index (χ0n) is 15.0. The Balaban J connectivity index is 0.00000264. The fraction of sp³-hybridized carbons (Fsp3) is 0.765. The van der Waals surface area contributed by atoms with Crippen molar-refractivity contribution in [2.75, 3.05) is 26.2 Å². The summed E-state index contributed by atoms with van der Waals surface area (Å²) >= 11 is 0. The van der Waals surface area contributed by atoms with E-state index in [0.717, 1.165) is 56.8 Å². The number of hydrogen-bond acceptors (Lipinski definition) is 2. The summed E-state index contributed by atoms with van der Waals surface area (Å²) < 4.78 is 1.86. The average Bonchev–Trinajstić information content (AvgIpc) is 2.87.